The van der Waals surface area contributed by atoms with Gasteiger partial charge in [0.15, 0.2) is 0 Å². The van der Waals surface area contributed by atoms with Crippen LogP contribution in [-0.2, 0) is 16.5 Å². The third-order valence-corrected chi connectivity index (χ3v) is 15.3. The number of aliphatic imine (C=N–C) groups is 2. The van der Waals surface area contributed by atoms with Gasteiger partial charge in [0.2, 0.25) is 0 Å². The fraction of sp³-hybridized carbons (Fsp3) is 0.722. The minimum absolute atomic E-state index is 0. The first-order valence-corrected chi connectivity index (χ1v) is 32.9. The van der Waals surface area contributed by atoms with E-state index in [1.165, 1.54) is 306 Å². The molecule has 3 heteroatoms. The predicted molar refractivity (Wildman–Crippen MR) is 337 cm³/mol. The molecule has 2 aromatic rings. The van der Waals surface area contributed by atoms with Crippen LogP contribution < -0.4 is 0 Å². The zero-order chi connectivity index (χ0) is 52.6. The third kappa shape index (κ3) is 48.2. The van der Waals surface area contributed by atoms with E-state index in [9.17, 15) is 0 Å². The molecule has 0 N–H and O–H groups in total. The monoisotopic (exact) mass is 1070 g/mol. The van der Waals surface area contributed by atoms with E-state index in [1.807, 2.05) is 6.21 Å². The minimum atomic E-state index is 0. The average molecular weight is 1070 g/mol. The van der Waals surface area contributed by atoms with Crippen molar-refractivity contribution in [1.82, 2.24) is 0 Å². The van der Waals surface area contributed by atoms with Gasteiger partial charge in [0.1, 0.15) is 5.71 Å². The first-order valence-electron chi connectivity index (χ1n) is 32.9. The molecular weight excluding hydrogens is 951 g/mol. The van der Waals surface area contributed by atoms with Gasteiger partial charge in [0, 0.05) is 22.9 Å². The summed E-state index contributed by atoms with van der Waals surface area (Å²) >= 11 is 0. The Bertz CT molecular complexity index is 1690. The third-order valence-electron chi connectivity index (χ3n) is 15.3. The Morgan fingerprint density at radius 3 is 0.947 bits per heavy atom. The fourth-order valence-corrected chi connectivity index (χ4v) is 10.5. The van der Waals surface area contributed by atoms with Crippen LogP contribution in [0, 0.1) is 11.8 Å². The SMILES string of the molecule is CCC#CC(C=Nc1cccc(C=CCCCCCCCCCCCCCCCCCCCCCCCCC)c1)=Nc1cccc(C=CCCCCCCCCCCCCCCCCCCCCCCCCC)c1.[Ni]. The topological polar surface area (TPSA) is 24.7 Å². The van der Waals surface area contributed by atoms with Crippen LogP contribution in [-0.4, -0.2) is 11.9 Å². The second kappa shape index (κ2) is 57.5. The first-order chi connectivity index (χ1) is 36.7. The molecule has 428 valence electrons. The molecule has 0 aliphatic carbocycles. The zero-order valence-corrected chi connectivity index (χ0v) is 50.9. The number of allylic oxidation sites excluding steroid dienone is 2. The zero-order valence-electron chi connectivity index (χ0n) is 49.9. The summed E-state index contributed by atoms with van der Waals surface area (Å²) in [7, 11) is 0. The predicted octanol–water partition coefficient (Wildman–Crippen LogP) is 25.4. The summed E-state index contributed by atoms with van der Waals surface area (Å²) in [6.07, 6.45) is 80.0. The Hall–Kier alpha value is -2.69. The van der Waals surface area contributed by atoms with Gasteiger partial charge in [-0.05, 0) is 67.0 Å². The number of rotatable bonds is 53. The quantitative estimate of drug-likeness (QED) is 0.0273. The van der Waals surface area contributed by atoms with Crippen LogP contribution in [0.3, 0.4) is 0 Å². The molecule has 0 aromatic heterocycles. The van der Waals surface area contributed by atoms with Gasteiger partial charge in [-0.2, -0.15) is 0 Å². The van der Waals surface area contributed by atoms with Gasteiger partial charge < -0.3 is 0 Å². The van der Waals surface area contributed by atoms with Crippen molar-refractivity contribution in [2.75, 3.05) is 0 Å². The summed E-state index contributed by atoms with van der Waals surface area (Å²) in [5.74, 6) is 6.46. The van der Waals surface area contributed by atoms with Gasteiger partial charge in [-0.1, -0.05) is 358 Å². The molecule has 0 fully saturated rings. The van der Waals surface area contributed by atoms with E-state index < -0.39 is 0 Å². The molecule has 0 radical (unpaired) electrons. The van der Waals surface area contributed by atoms with E-state index in [-0.39, 0.29) is 16.5 Å². The summed E-state index contributed by atoms with van der Waals surface area (Å²) < 4.78 is 0. The average Bonchev–Trinajstić information content (AvgIpc) is 3.41. The van der Waals surface area contributed by atoms with Crippen LogP contribution >= 0.6 is 0 Å². The van der Waals surface area contributed by atoms with Crippen molar-refractivity contribution in [3.8, 4) is 11.8 Å². The molecule has 0 aliphatic rings. The molecule has 0 aliphatic heterocycles. The fourth-order valence-electron chi connectivity index (χ4n) is 10.5. The van der Waals surface area contributed by atoms with Gasteiger partial charge >= 0.3 is 0 Å². The molecule has 0 spiro atoms. The molecular formula is C72H120N2Ni. The smallest absolute Gasteiger partial charge is 0.132 e. The van der Waals surface area contributed by atoms with E-state index in [2.05, 4.69) is 105 Å². The van der Waals surface area contributed by atoms with Crippen molar-refractivity contribution in [1.29, 1.82) is 0 Å². The first kappa shape index (κ1) is 70.3. The molecule has 75 heavy (non-hydrogen) atoms. The van der Waals surface area contributed by atoms with Gasteiger partial charge in [0.25, 0.3) is 0 Å². The normalized spacial score (nSPS) is 11.9. The van der Waals surface area contributed by atoms with E-state index in [1.54, 1.807) is 0 Å². The largest absolute Gasteiger partial charge is 0.254 e. The van der Waals surface area contributed by atoms with Crippen LogP contribution in [0.25, 0.3) is 12.2 Å². The Morgan fingerprint density at radius 1 is 0.360 bits per heavy atom. The number of benzene rings is 2. The molecule has 2 nitrogen and oxygen atoms in total. The maximum atomic E-state index is 4.92. The molecule has 2 rings (SSSR count). The summed E-state index contributed by atoms with van der Waals surface area (Å²) in [5.41, 5.74) is 4.93. The van der Waals surface area contributed by atoms with Gasteiger partial charge in [-0.3, -0.25) is 4.99 Å². The van der Waals surface area contributed by atoms with E-state index in [0.717, 1.165) is 30.6 Å². The van der Waals surface area contributed by atoms with E-state index >= 15 is 0 Å². The maximum absolute atomic E-state index is 4.92. The van der Waals surface area contributed by atoms with Crippen LogP contribution in [0.2, 0.25) is 0 Å². The Kier molecular flexibility index (Phi) is 53.9. The molecule has 0 atom stereocenters. The summed E-state index contributed by atoms with van der Waals surface area (Å²) in [6, 6.07) is 17.0. The van der Waals surface area contributed by atoms with Gasteiger partial charge in [-0.25, -0.2) is 4.99 Å². The number of hydrogen-bond donors (Lipinski definition) is 0. The molecule has 0 saturated carbocycles. The number of unbranched alkanes of at least 4 members (excludes halogenated alkanes) is 46. The van der Waals surface area contributed by atoms with Crippen molar-refractivity contribution < 1.29 is 16.5 Å². The van der Waals surface area contributed by atoms with E-state index in [4.69, 9.17) is 9.98 Å². The van der Waals surface area contributed by atoms with E-state index in [0.29, 0.717) is 5.71 Å². The van der Waals surface area contributed by atoms with Crippen molar-refractivity contribution in [2.24, 2.45) is 9.98 Å². The second-order valence-electron chi connectivity index (χ2n) is 22.5. The van der Waals surface area contributed by atoms with Gasteiger partial charge in [0.05, 0.1) is 17.6 Å². The molecule has 0 amide bonds. The molecule has 0 bridgehead atoms. The molecule has 2 aromatic carbocycles. The van der Waals surface area contributed by atoms with Crippen molar-refractivity contribution in [2.45, 2.75) is 335 Å². The summed E-state index contributed by atoms with van der Waals surface area (Å²) in [6.45, 7) is 6.69. The second-order valence-corrected chi connectivity index (χ2v) is 22.5. The van der Waals surface area contributed by atoms with Crippen molar-refractivity contribution in [3.63, 3.8) is 0 Å². The number of nitrogens with zero attached hydrogens (tertiary/aromatic N) is 2. The summed E-state index contributed by atoms with van der Waals surface area (Å²) in [5, 5.41) is 0. The summed E-state index contributed by atoms with van der Waals surface area (Å²) in [4.78, 5) is 9.74. The Balaban J connectivity index is 0.0000281. The molecule has 0 heterocycles. The minimum Gasteiger partial charge on any atom is -0.254 e. The maximum Gasteiger partial charge on any atom is 0.132 e. The van der Waals surface area contributed by atoms with Gasteiger partial charge in [-0.15, -0.1) is 0 Å². The van der Waals surface area contributed by atoms with Crippen LogP contribution in [0.4, 0.5) is 11.4 Å². The standard InChI is InChI=1S/C72H120N2.Ni/c1-4-7-10-12-14-16-18-20-22-24-26-28-30-32-34-36-38-40-42-44-46-48-50-52-54-58-68-60-56-63-70(65-68)73-67-72(62-9-6-3)74-71-64-57-61-69(66-71)59-55-53-51-49-47-45-43-41-39-37-35-33-31-29-27-25-23-21-19-17-15-13-11-8-5-2;/h54-61,63-67H,4-8,10-53H2,1-3H3;. The van der Waals surface area contributed by atoms with Crippen molar-refractivity contribution >= 4 is 35.5 Å². The number of hydrogen-bond acceptors (Lipinski definition) is 2. The Labute approximate surface area is 478 Å². The van der Waals surface area contributed by atoms with Crippen LogP contribution in [0.5, 0.6) is 0 Å². The Morgan fingerprint density at radius 2 is 0.640 bits per heavy atom. The molecule has 0 unspecified atom stereocenters. The van der Waals surface area contributed by atoms with Crippen molar-refractivity contribution in [3.05, 3.63) is 71.8 Å². The van der Waals surface area contributed by atoms with Crippen LogP contribution in [0.15, 0.2) is 70.7 Å². The van der Waals surface area contributed by atoms with Crippen LogP contribution in [0.1, 0.15) is 347 Å². The molecule has 0 saturated heterocycles.